The van der Waals surface area contributed by atoms with Crippen molar-refractivity contribution in [1.29, 1.82) is 0 Å². The van der Waals surface area contributed by atoms with E-state index in [4.69, 9.17) is 4.74 Å². The second-order valence-corrected chi connectivity index (χ2v) is 8.69. The first-order chi connectivity index (χ1) is 11.7. The van der Waals surface area contributed by atoms with E-state index in [0.717, 1.165) is 6.26 Å². The van der Waals surface area contributed by atoms with Crippen LogP contribution in [0.25, 0.3) is 0 Å². The Morgan fingerprint density at radius 2 is 2.08 bits per heavy atom. The predicted molar refractivity (Wildman–Crippen MR) is 94.3 cm³/mol. The van der Waals surface area contributed by atoms with Crippen LogP contribution in [0.1, 0.15) is 6.42 Å². The molecule has 1 heterocycles. The van der Waals surface area contributed by atoms with Crippen LogP contribution in [0.4, 0.5) is 0 Å². The SMILES string of the molecule is CN(C)C(=O)C[C@@H]1CN(CCOc2cccc(S(C)(=O)=O)c2)C[C@H]1O. The number of carbonyl (C=O) groups is 1. The van der Waals surface area contributed by atoms with Gasteiger partial charge in [0, 0.05) is 52.3 Å². The number of carbonyl (C=O) groups excluding carboxylic acids is 1. The second-order valence-electron chi connectivity index (χ2n) is 6.67. The Morgan fingerprint density at radius 1 is 1.36 bits per heavy atom. The molecule has 2 rings (SSSR count). The van der Waals surface area contributed by atoms with Crippen LogP contribution in [-0.2, 0) is 14.6 Å². The highest BCUT2D eigenvalue weighted by Crippen LogP contribution is 2.21. The van der Waals surface area contributed by atoms with Crippen LogP contribution in [0, 0.1) is 5.92 Å². The van der Waals surface area contributed by atoms with Crippen LogP contribution in [0.2, 0.25) is 0 Å². The monoisotopic (exact) mass is 370 g/mol. The Balaban J connectivity index is 1.82. The molecule has 1 saturated heterocycles. The summed E-state index contributed by atoms with van der Waals surface area (Å²) in [7, 11) is 0.158. The molecule has 25 heavy (non-hydrogen) atoms. The summed E-state index contributed by atoms with van der Waals surface area (Å²) in [6, 6.07) is 6.40. The van der Waals surface area contributed by atoms with E-state index < -0.39 is 15.9 Å². The van der Waals surface area contributed by atoms with Crippen molar-refractivity contribution < 1.29 is 23.1 Å². The lowest BCUT2D eigenvalue weighted by atomic mass is 10.0. The molecule has 1 aliphatic rings. The fourth-order valence-corrected chi connectivity index (χ4v) is 3.47. The molecule has 0 saturated carbocycles. The number of aliphatic hydroxyl groups is 1. The molecule has 0 spiro atoms. The second kappa shape index (κ2) is 8.16. The number of hydrogen-bond acceptors (Lipinski definition) is 6. The van der Waals surface area contributed by atoms with Crippen LogP contribution in [0.3, 0.4) is 0 Å². The summed E-state index contributed by atoms with van der Waals surface area (Å²) in [4.78, 5) is 15.6. The minimum atomic E-state index is -3.26. The standard InChI is InChI=1S/C17H26N2O5S/c1-18(2)17(21)9-13-11-19(12-16(13)20)7-8-24-14-5-4-6-15(10-14)25(3,22)23/h4-6,10,13,16,20H,7-9,11-12H2,1-3H3/t13-,16-/m1/s1. The van der Waals surface area contributed by atoms with Gasteiger partial charge in [0.25, 0.3) is 0 Å². The van der Waals surface area contributed by atoms with Gasteiger partial charge in [-0.2, -0.15) is 0 Å². The number of sulfone groups is 1. The largest absolute Gasteiger partial charge is 0.492 e. The number of likely N-dealkylation sites (tertiary alicyclic amines) is 1. The number of rotatable bonds is 7. The van der Waals surface area contributed by atoms with Crippen molar-refractivity contribution in [3.63, 3.8) is 0 Å². The van der Waals surface area contributed by atoms with E-state index in [9.17, 15) is 18.3 Å². The molecule has 0 bridgehead atoms. The quantitative estimate of drug-likeness (QED) is 0.740. The van der Waals surface area contributed by atoms with Gasteiger partial charge in [-0.1, -0.05) is 6.07 Å². The lowest BCUT2D eigenvalue weighted by Crippen LogP contribution is -2.29. The highest BCUT2D eigenvalue weighted by molar-refractivity contribution is 7.90. The number of β-amino-alcohol motifs (C(OH)–C–C–N with tert-alkyl or cyclic N) is 1. The number of benzene rings is 1. The molecule has 1 aromatic rings. The third kappa shape index (κ3) is 5.69. The summed E-state index contributed by atoms with van der Waals surface area (Å²) in [5.41, 5.74) is 0. The Morgan fingerprint density at radius 3 is 2.72 bits per heavy atom. The molecule has 1 aromatic carbocycles. The van der Waals surface area contributed by atoms with Crippen molar-refractivity contribution in [3.8, 4) is 5.75 Å². The molecule has 2 atom stereocenters. The van der Waals surface area contributed by atoms with Gasteiger partial charge in [-0.05, 0) is 18.2 Å². The molecule has 140 valence electrons. The molecule has 0 unspecified atom stereocenters. The first-order valence-corrected chi connectivity index (χ1v) is 10.1. The molecule has 0 aromatic heterocycles. The first kappa shape index (κ1) is 19.7. The summed E-state index contributed by atoms with van der Waals surface area (Å²) in [6.07, 6.45) is 0.979. The fraction of sp³-hybridized carbons (Fsp3) is 0.588. The molecule has 1 aliphatic heterocycles. The number of ether oxygens (including phenoxy) is 1. The van der Waals surface area contributed by atoms with Crippen LogP contribution in [0.15, 0.2) is 29.2 Å². The van der Waals surface area contributed by atoms with E-state index in [1.165, 1.54) is 17.0 Å². The normalized spacial score (nSPS) is 21.3. The average Bonchev–Trinajstić information content (AvgIpc) is 2.86. The first-order valence-electron chi connectivity index (χ1n) is 8.20. The van der Waals surface area contributed by atoms with Crippen molar-refractivity contribution in [2.24, 2.45) is 5.92 Å². The molecule has 0 radical (unpaired) electrons. The van der Waals surface area contributed by atoms with Gasteiger partial charge in [0.2, 0.25) is 5.91 Å². The van der Waals surface area contributed by atoms with Crippen molar-refractivity contribution in [2.75, 3.05) is 46.6 Å². The van der Waals surface area contributed by atoms with Crippen LogP contribution < -0.4 is 4.74 Å². The van der Waals surface area contributed by atoms with E-state index in [2.05, 4.69) is 4.90 Å². The van der Waals surface area contributed by atoms with Crippen LogP contribution >= 0.6 is 0 Å². The zero-order chi connectivity index (χ0) is 18.6. The summed E-state index contributed by atoms with van der Waals surface area (Å²) in [5, 5.41) is 10.1. The highest BCUT2D eigenvalue weighted by atomic mass is 32.2. The van der Waals surface area contributed by atoms with E-state index >= 15 is 0 Å². The molecule has 1 amide bonds. The van der Waals surface area contributed by atoms with Gasteiger partial charge in [-0.15, -0.1) is 0 Å². The van der Waals surface area contributed by atoms with Gasteiger partial charge >= 0.3 is 0 Å². The molecular formula is C17H26N2O5S. The van der Waals surface area contributed by atoms with E-state index in [0.29, 0.717) is 38.4 Å². The van der Waals surface area contributed by atoms with E-state index in [1.807, 2.05) is 0 Å². The number of nitrogens with zero attached hydrogens (tertiary/aromatic N) is 2. The molecule has 0 aliphatic carbocycles. The smallest absolute Gasteiger partial charge is 0.222 e. The van der Waals surface area contributed by atoms with Gasteiger partial charge in [0.1, 0.15) is 12.4 Å². The Labute approximate surface area is 149 Å². The molecule has 1 fully saturated rings. The topological polar surface area (TPSA) is 87.2 Å². The van der Waals surface area contributed by atoms with Crippen LogP contribution in [0.5, 0.6) is 5.75 Å². The van der Waals surface area contributed by atoms with Gasteiger partial charge < -0.3 is 14.7 Å². The van der Waals surface area contributed by atoms with Gasteiger partial charge in [-0.3, -0.25) is 9.69 Å². The lowest BCUT2D eigenvalue weighted by molar-refractivity contribution is -0.130. The Bertz CT molecular complexity index is 705. The summed E-state index contributed by atoms with van der Waals surface area (Å²) in [6.45, 7) is 2.15. The Kier molecular flexibility index (Phi) is 6.42. The maximum Gasteiger partial charge on any atom is 0.222 e. The maximum atomic E-state index is 11.8. The zero-order valence-corrected chi connectivity index (χ0v) is 15.7. The number of hydrogen-bond donors (Lipinski definition) is 1. The average molecular weight is 370 g/mol. The summed E-state index contributed by atoms with van der Waals surface area (Å²) >= 11 is 0. The Hall–Kier alpha value is -1.64. The maximum absolute atomic E-state index is 11.8. The van der Waals surface area contributed by atoms with E-state index in [-0.39, 0.29) is 16.7 Å². The van der Waals surface area contributed by atoms with Crippen molar-refractivity contribution in [1.82, 2.24) is 9.80 Å². The minimum Gasteiger partial charge on any atom is -0.492 e. The third-order valence-corrected chi connectivity index (χ3v) is 5.44. The highest BCUT2D eigenvalue weighted by Gasteiger charge is 2.32. The van der Waals surface area contributed by atoms with Gasteiger partial charge in [-0.25, -0.2) is 8.42 Å². The van der Waals surface area contributed by atoms with Crippen LogP contribution in [-0.4, -0.2) is 81.9 Å². The molecule has 1 N–H and O–H groups in total. The van der Waals surface area contributed by atoms with Gasteiger partial charge in [0.15, 0.2) is 9.84 Å². The molecular weight excluding hydrogens is 344 g/mol. The predicted octanol–water partition coefficient (Wildman–Crippen LogP) is 0.240. The number of amides is 1. The van der Waals surface area contributed by atoms with Crippen molar-refractivity contribution in [2.45, 2.75) is 17.4 Å². The fourth-order valence-electron chi connectivity index (χ4n) is 2.82. The third-order valence-electron chi connectivity index (χ3n) is 4.33. The summed E-state index contributed by atoms with van der Waals surface area (Å²) < 4.78 is 28.7. The van der Waals surface area contributed by atoms with Crippen molar-refractivity contribution in [3.05, 3.63) is 24.3 Å². The van der Waals surface area contributed by atoms with E-state index in [1.54, 1.807) is 26.2 Å². The van der Waals surface area contributed by atoms with Gasteiger partial charge in [0.05, 0.1) is 11.0 Å². The zero-order valence-electron chi connectivity index (χ0n) is 14.9. The van der Waals surface area contributed by atoms with Crippen molar-refractivity contribution >= 4 is 15.7 Å². The molecule has 7 nitrogen and oxygen atoms in total. The molecule has 8 heteroatoms. The lowest BCUT2D eigenvalue weighted by Gasteiger charge is -2.17. The minimum absolute atomic E-state index is 0.0136. The number of aliphatic hydroxyl groups excluding tert-OH is 1. The summed E-state index contributed by atoms with van der Waals surface area (Å²) in [5.74, 6) is 0.449.